The number of rotatable bonds is 5. The summed E-state index contributed by atoms with van der Waals surface area (Å²) in [5, 5.41) is 8.64. The maximum Gasteiger partial charge on any atom is 0.275 e. The number of amides is 1. The van der Waals surface area contributed by atoms with Crippen molar-refractivity contribution >= 4 is 17.5 Å². The van der Waals surface area contributed by atoms with Crippen molar-refractivity contribution in [2.45, 2.75) is 31.3 Å². The minimum Gasteiger partial charge on any atom is -0.477 e. The normalized spacial score (nSPS) is 22.5. The molecule has 5 heterocycles. The first-order chi connectivity index (χ1) is 14.6. The third-order valence-electron chi connectivity index (χ3n) is 5.72. The van der Waals surface area contributed by atoms with Crippen LogP contribution in [0.2, 0.25) is 5.02 Å². The molecule has 8 nitrogen and oxygen atoms in total. The van der Waals surface area contributed by atoms with E-state index in [2.05, 4.69) is 20.2 Å². The number of nitrogens with zero attached hydrogens (tertiary/aromatic N) is 6. The molecule has 0 radical (unpaired) electrons. The summed E-state index contributed by atoms with van der Waals surface area (Å²) < 4.78 is 18.8. The maximum atomic E-state index is 13.4. The van der Waals surface area contributed by atoms with Gasteiger partial charge in [0.05, 0.1) is 30.2 Å². The molecule has 0 aromatic carbocycles. The highest BCUT2D eigenvalue weighted by Gasteiger charge is 2.49. The third-order valence-corrected chi connectivity index (χ3v) is 5.92. The van der Waals surface area contributed by atoms with Crippen LogP contribution in [0.5, 0.6) is 5.88 Å². The highest BCUT2D eigenvalue weighted by Crippen LogP contribution is 2.43. The van der Waals surface area contributed by atoms with Crippen LogP contribution < -0.4 is 4.74 Å². The minimum atomic E-state index is -0.406. The lowest BCUT2D eigenvalue weighted by atomic mass is 9.90. The zero-order valence-corrected chi connectivity index (χ0v) is 16.6. The number of fused-ring (bicyclic) bond motifs is 2. The first-order valence-corrected chi connectivity index (χ1v) is 10.1. The van der Waals surface area contributed by atoms with E-state index in [0.717, 1.165) is 25.5 Å². The summed E-state index contributed by atoms with van der Waals surface area (Å²) in [5.74, 6) is -0.00699. The van der Waals surface area contributed by atoms with E-state index in [1.807, 2.05) is 4.90 Å². The highest BCUT2D eigenvalue weighted by molar-refractivity contribution is 6.30. The number of aromatic nitrogens is 5. The predicted molar refractivity (Wildman–Crippen MR) is 105 cm³/mol. The van der Waals surface area contributed by atoms with Crippen LogP contribution in [-0.2, 0) is 0 Å². The summed E-state index contributed by atoms with van der Waals surface area (Å²) in [6, 6.07) is 4.65. The molecule has 1 amide bonds. The van der Waals surface area contributed by atoms with Crippen LogP contribution in [0.25, 0.3) is 5.69 Å². The minimum absolute atomic E-state index is 0.0545. The molecular formula is C20H18ClFN6O2. The van der Waals surface area contributed by atoms with Crippen LogP contribution in [0.4, 0.5) is 4.39 Å². The Morgan fingerprint density at radius 1 is 1.20 bits per heavy atom. The molecule has 0 N–H and O–H groups in total. The molecule has 3 aromatic rings. The Morgan fingerprint density at radius 2 is 2.03 bits per heavy atom. The molecule has 3 aromatic heterocycles. The summed E-state index contributed by atoms with van der Waals surface area (Å²) in [6.45, 7) is 0.422. The van der Waals surface area contributed by atoms with E-state index < -0.39 is 5.82 Å². The van der Waals surface area contributed by atoms with Crippen molar-refractivity contribution < 1.29 is 13.9 Å². The van der Waals surface area contributed by atoms with E-state index >= 15 is 0 Å². The number of hydrogen-bond acceptors (Lipinski definition) is 6. The quantitative estimate of drug-likeness (QED) is 0.621. The van der Waals surface area contributed by atoms with Gasteiger partial charge >= 0.3 is 0 Å². The molecule has 5 rings (SSSR count). The van der Waals surface area contributed by atoms with Crippen molar-refractivity contribution in [1.82, 2.24) is 29.9 Å². The zero-order chi connectivity index (χ0) is 20.7. The van der Waals surface area contributed by atoms with Gasteiger partial charge in [0.25, 0.3) is 5.91 Å². The lowest BCUT2D eigenvalue weighted by Gasteiger charge is -2.24. The average Bonchev–Trinajstić information content (AvgIpc) is 3.49. The van der Waals surface area contributed by atoms with E-state index in [4.69, 9.17) is 16.3 Å². The number of carbonyl (C=O) groups excluding carboxylic acids is 1. The third kappa shape index (κ3) is 3.39. The lowest BCUT2D eigenvalue weighted by molar-refractivity contribution is 0.0703. The standard InChI is InChI=1S/C20H18ClFN6O2/c21-13-8-17(28-25-5-6-26-28)19(24-9-13)20(29)27-15-2-3-16(27)12(7-15)11-30-18-4-1-14(22)10-23-18/h1,4-6,8-10,12,15-16H,2-3,7,11H2. The second-order valence-corrected chi connectivity index (χ2v) is 7.91. The summed E-state index contributed by atoms with van der Waals surface area (Å²) >= 11 is 6.10. The van der Waals surface area contributed by atoms with E-state index in [0.29, 0.717) is 23.2 Å². The highest BCUT2D eigenvalue weighted by atomic mass is 35.5. The van der Waals surface area contributed by atoms with Gasteiger partial charge in [-0.05, 0) is 31.4 Å². The first kappa shape index (κ1) is 18.9. The van der Waals surface area contributed by atoms with Gasteiger partial charge in [0.2, 0.25) is 5.88 Å². The van der Waals surface area contributed by atoms with E-state index in [1.165, 1.54) is 35.5 Å². The van der Waals surface area contributed by atoms with Crippen LogP contribution in [0.15, 0.2) is 43.0 Å². The number of carbonyl (C=O) groups is 1. The molecule has 30 heavy (non-hydrogen) atoms. The summed E-state index contributed by atoms with van der Waals surface area (Å²) in [6.07, 6.45) is 8.36. The molecule has 3 atom stereocenters. The number of pyridine rings is 2. The predicted octanol–water partition coefficient (Wildman–Crippen LogP) is 2.92. The van der Waals surface area contributed by atoms with Gasteiger partial charge < -0.3 is 9.64 Å². The van der Waals surface area contributed by atoms with Gasteiger partial charge in [-0.2, -0.15) is 10.2 Å². The maximum absolute atomic E-state index is 13.4. The van der Waals surface area contributed by atoms with Gasteiger partial charge in [-0.1, -0.05) is 11.6 Å². The summed E-state index contributed by atoms with van der Waals surface area (Å²) in [4.78, 5) is 24.9. The number of halogens is 2. The fourth-order valence-electron chi connectivity index (χ4n) is 4.46. The first-order valence-electron chi connectivity index (χ1n) is 9.69. The Hall–Kier alpha value is -3.07. The number of ether oxygens (including phenoxy) is 1. The van der Waals surface area contributed by atoms with E-state index in [1.54, 1.807) is 6.07 Å². The van der Waals surface area contributed by atoms with Crippen molar-refractivity contribution in [2.75, 3.05) is 6.61 Å². The molecule has 2 fully saturated rings. The van der Waals surface area contributed by atoms with Gasteiger partial charge in [0.15, 0.2) is 5.69 Å². The smallest absolute Gasteiger partial charge is 0.275 e. The van der Waals surface area contributed by atoms with E-state index in [-0.39, 0.29) is 29.6 Å². The topological polar surface area (TPSA) is 86.0 Å². The second-order valence-electron chi connectivity index (χ2n) is 7.47. The average molecular weight is 429 g/mol. The Labute approximate surface area is 176 Å². The van der Waals surface area contributed by atoms with Gasteiger partial charge in [0, 0.05) is 30.3 Å². The van der Waals surface area contributed by atoms with E-state index in [9.17, 15) is 9.18 Å². The Kier molecular flexibility index (Phi) is 4.82. The van der Waals surface area contributed by atoms with Crippen molar-refractivity contribution in [3.05, 3.63) is 59.5 Å². The molecule has 2 saturated heterocycles. The fraction of sp³-hybridized carbons (Fsp3) is 0.350. The van der Waals surface area contributed by atoms with Crippen molar-refractivity contribution in [1.29, 1.82) is 0 Å². The van der Waals surface area contributed by atoms with Crippen LogP contribution in [0.3, 0.4) is 0 Å². The second kappa shape index (κ2) is 7.64. The Bertz CT molecular complexity index is 1060. The summed E-state index contributed by atoms with van der Waals surface area (Å²) in [5.41, 5.74) is 0.724. The lowest BCUT2D eigenvalue weighted by Crippen LogP contribution is -2.38. The molecule has 2 aliphatic heterocycles. The van der Waals surface area contributed by atoms with Crippen LogP contribution in [-0.4, -0.2) is 54.5 Å². The fourth-order valence-corrected chi connectivity index (χ4v) is 4.61. The summed E-state index contributed by atoms with van der Waals surface area (Å²) in [7, 11) is 0. The van der Waals surface area contributed by atoms with Crippen LogP contribution in [0, 0.1) is 11.7 Å². The molecular weight excluding hydrogens is 411 g/mol. The Morgan fingerprint density at radius 3 is 2.80 bits per heavy atom. The van der Waals surface area contributed by atoms with Crippen molar-refractivity contribution in [3.63, 3.8) is 0 Å². The Balaban J connectivity index is 1.35. The van der Waals surface area contributed by atoms with Gasteiger partial charge in [-0.25, -0.2) is 14.4 Å². The molecule has 10 heteroatoms. The number of hydrogen-bond donors (Lipinski definition) is 0. The molecule has 0 spiro atoms. The zero-order valence-electron chi connectivity index (χ0n) is 15.9. The molecule has 2 aliphatic rings. The van der Waals surface area contributed by atoms with Crippen molar-refractivity contribution in [2.24, 2.45) is 5.92 Å². The van der Waals surface area contributed by atoms with Gasteiger partial charge in [0.1, 0.15) is 11.5 Å². The molecule has 2 bridgehead atoms. The van der Waals surface area contributed by atoms with Crippen LogP contribution >= 0.6 is 11.6 Å². The molecule has 154 valence electrons. The monoisotopic (exact) mass is 428 g/mol. The SMILES string of the molecule is O=C(c1ncc(Cl)cc1-n1nccn1)N1C2CCC1C(COc1ccc(F)cn1)C2. The molecule has 0 aliphatic carbocycles. The van der Waals surface area contributed by atoms with Gasteiger partial charge in [-0.3, -0.25) is 4.79 Å². The van der Waals surface area contributed by atoms with Crippen molar-refractivity contribution in [3.8, 4) is 11.6 Å². The van der Waals surface area contributed by atoms with Crippen LogP contribution in [0.1, 0.15) is 29.8 Å². The largest absolute Gasteiger partial charge is 0.477 e. The molecule has 3 unspecified atom stereocenters. The molecule has 0 saturated carbocycles. The van der Waals surface area contributed by atoms with Gasteiger partial charge in [-0.15, -0.1) is 4.80 Å².